The topological polar surface area (TPSA) is 140 Å². The number of benzene rings is 1. The lowest BCUT2D eigenvalue weighted by Crippen LogP contribution is -2.38. The van der Waals surface area contributed by atoms with E-state index in [1.165, 1.54) is 18.1 Å². The molecule has 3 aromatic rings. The number of carbonyl (C=O) groups is 1. The summed E-state index contributed by atoms with van der Waals surface area (Å²) in [6.07, 6.45) is 5.25. The Balaban J connectivity index is 1.46. The van der Waals surface area contributed by atoms with Crippen molar-refractivity contribution in [1.82, 2.24) is 19.5 Å². The van der Waals surface area contributed by atoms with E-state index in [0.717, 1.165) is 34.1 Å². The maximum Gasteiger partial charge on any atom is 0.325 e. The standard InChI is InChI=1S/C20H21IN6O4S/c21-11-5-13-14(30-9-29-13)6-15(11)32-20-26-16-17(23)24-8-25-18(16)27(20)7-12(22)19(28)31-10-3-1-2-4-10/h5-6,8,10,12H,1-4,7,9,22H2,(H2,23,24,25). The number of aromatic nitrogens is 4. The molecule has 1 saturated carbocycles. The van der Waals surface area contributed by atoms with Crippen LogP contribution in [0.15, 0.2) is 28.5 Å². The molecule has 2 aromatic heterocycles. The number of fused-ring (bicyclic) bond motifs is 2. The van der Waals surface area contributed by atoms with Crippen LogP contribution < -0.4 is 20.9 Å². The molecule has 168 valence electrons. The van der Waals surface area contributed by atoms with Crippen LogP contribution in [0.25, 0.3) is 11.2 Å². The lowest BCUT2D eigenvalue weighted by Gasteiger charge is -2.17. The second kappa shape index (κ2) is 8.90. The molecule has 1 atom stereocenters. The van der Waals surface area contributed by atoms with Crippen molar-refractivity contribution in [2.24, 2.45) is 5.73 Å². The second-order valence-corrected chi connectivity index (χ2v) is 9.80. The number of halogens is 1. The summed E-state index contributed by atoms with van der Waals surface area (Å²) >= 11 is 3.64. The third kappa shape index (κ3) is 4.18. The highest BCUT2D eigenvalue weighted by molar-refractivity contribution is 14.1. The number of nitrogen functional groups attached to an aromatic ring is 1. The molecule has 32 heavy (non-hydrogen) atoms. The van der Waals surface area contributed by atoms with Crippen LogP contribution >= 0.6 is 34.4 Å². The van der Waals surface area contributed by atoms with Crippen LogP contribution in [0.2, 0.25) is 0 Å². The average molecular weight is 568 g/mol. The molecular weight excluding hydrogens is 547 g/mol. The van der Waals surface area contributed by atoms with Gasteiger partial charge < -0.3 is 30.2 Å². The Morgan fingerprint density at radius 2 is 2.03 bits per heavy atom. The van der Waals surface area contributed by atoms with Gasteiger partial charge in [-0.25, -0.2) is 15.0 Å². The number of hydrogen-bond donors (Lipinski definition) is 2. The maximum absolute atomic E-state index is 12.6. The lowest BCUT2D eigenvalue weighted by atomic mass is 10.3. The number of nitrogens with zero attached hydrogens (tertiary/aromatic N) is 4. The summed E-state index contributed by atoms with van der Waals surface area (Å²) < 4.78 is 19.3. The summed E-state index contributed by atoms with van der Waals surface area (Å²) in [6.45, 7) is 0.351. The van der Waals surface area contributed by atoms with Gasteiger partial charge in [-0.15, -0.1) is 0 Å². The highest BCUT2D eigenvalue weighted by Crippen LogP contribution is 2.41. The zero-order chi connectivity index (χ0) is 22.2. The summed E-state index contributed by atoms with van der Waals surface area (Å²) in [5, 5.41) is 0.591. The minimum atomic E-state index is -0.862. The zero-order valence-corrected chi connectivity index (χ0v) is 20.0. The van der Waals surface area contributed by atoms with Gasteiger partial charge in [-0.05, 0) is 60.4 Å². The van der Waals surface area contributed by atoms with Gasteiger partial charge in [0, 0.05) is 8.47 Å². The van der Waals surface area contributed by atoms with Gasteiger partial charge in [0.1, 0.15) is 18.5 Å². The normalized spacial score (nSPS) is 16.6. The smallest absolute Gasteiger partial charge is 0.325 e. The van der Waals surface area contributed by atoms with Crippen LogP contribution in [-0.4, -0.2) is 44.4 Å². The quantitative estimate of drug-likeness (QED) is 0.337. The molecule has 0 radical (unpaired) electrons. The van der Waals surface area contributed by atoms with Gasteiger partial charge >= 0.3 is 5.97 Å². The van der Waals surface area contributed by atoms with E-state index >= 15 is 0 Å². The van der Waals surface area contributed by atoms with Gasteiger partial charge in [-0.3, -0.25) is 4.79 Å². The van der Waals surface area contributed by atoms with E-state index in [4.69, 9.17) is 25.7 Å². The van der Waals surface area contributed by atoms with Crippen molar-refractivity contribution in [2.75, 3.05) is 12.5 Å². The molecule has 1 aliphatic heterocycles. The van der Waals surface area contributed by atoms with Crippen LogP contribution in [0, 0.1) is 3.57 Å². The first-order chi connectivity index (χ1) is 15.5. The molecule has 10 nitrogen and oxygen atoms in total. The molecule has 0 amide bonds. The molecule has 1 aromatic carbocycles. The fourth-order valence-electron chi connectivity index (χ4n) is 3.78. The van der Waals surface area contributed by atoms with E-state index in [0.29, 0.717) is 27.8 Å². The fourth-order valence-corrected chi connectivity index (χ4v) is 5.48. The van der Waals surface area contributed by atoms with E-state index in [1.54, 1.807) is 4.57 Å². The van der Waals surface area contributed by atoms with Crippen LogP contribution in [-0.2, 0) is 16.1 Å². The van der Waals surface area contributed by atoms with E-state index in [-0.39, 0.29) is 25.3 Å². The van der Waals surface area contributed by atoms with Crippen LogP contribution in [0.5, 0.6) is 11.5 Å². The van der Waals surface area contributed by atoms with Crippen molar-refractivity contribution in [3.05, 3.63) is 22.0 Å². The highest BCUT2D eigenvalue weighted by Gasteiger charge is 2.26. The first-order valence-corrected chi connectivity index (χ1v) is 12.1. The number of hydrogen-bond acceptors (Lipinski definition) is 10. The summed E-state index contributed by atoms with van der Waals surface area (Å²) in [5.41, 5.74) is 13.2. The molecule has 2 aliphatic rings. The Bertz CT molecular complexity index is 1180. The summed E-state index contributed by atoms with van der Waals surface area (Å²) in [7, 11) is 0. The molecule has 5 rings (SSSR count). The third-order valence-electron chi connectivity index (χ3n) is 5.42. The average Bonchev–Trinajstić information content (AvgIpc) is 3.50. The Morgan fingerprint density at radius 3 is 2.81 bits per heavy atom. The molecule has 1 aliphatic carbocycles. The van der Waals surface area contributed by atoms with E-state index < -0.39 is 12.0 Å². The summed E-state index contributed by atoms with van der Waals surface area (Å²) in [4.78, 5) is 26.5. The zero-order valence-electron chi connectivity index (χ0n) is 17.0. The molecule has 0 bridgehead atoms. The van der Waals surface area contributed by atoms with Crippen LogP contribution in [0.1, 0.15) is 25.7 Å². The van der Waals surface area contributed by atoms with E-state index in [1.807, 2.05) is 12.1 Å². The molecule has 0 saturated heterocycles. The van der Waals surface area contributed by atoms with Gasteiger partial charge in [-0.2, -0.15) is 0 Å². The fraction of sp³-hybridized carbons (Fsp3) is 0.400. The van der Waals surface area contributed by atoms with Crippen LogP contribution in [0.4, 0.5) is 5.82 Å². The number of anilines is 1. The monoisotopic (exact) mass is 568 g/mol. The van der Waals surface area contributed by atoms with Crippen molar-refractivity contribution in [2.45, 2.75) is 54.4 Å². The van der Waals surface area contributed by atoms with Crippen molar-refractivity contribution < 1.29 is 19.0 Å². The van der Waals surface area contributed by atoms with Crippen molar-refractivity contribution >= 4 is 57.3 Å². The second-order valence-electron chi connectivity index (χ2n) is 7.62. The number of esters is 1. The first-order valence-electron chi connectivity index (χ1n) is 10.2. The molecule has 0 spiro atoms. The largest absolute Gasteiger partial charge is 0.461 e. The van der Waals surface area contributed by atoms with Crippen molar-refractivity contribution in [1.29, 1.82) is 0 Å². The van der Waals surface area contributed by atoms with Gasteiger partial charge in [0.05, 0.1) is 6.54 Å². The maximum atomic E-state index is 12.6. The minimum Gasteiger partial charge on any atom is -0.461 e. The van der Waals surface area contributed by atoms with Gasteiger partial charge in [0.15, 0.2) is 33.6 Å². The number of nitrogens with two attached hydrogens (primary N) is 2. The number of carbonyl (C=O) groups excluding carboxylic acids is 1. The molecular formula is C20H21IN6O4S. The third-order valence-corrected chi connectivity index (χ3v) is 7.73. The Hall–Kier alpha value is -2.32. The lowest BCUT2D eigenvalue weighted by molar-refractivity contribution is -0.150. The van der Waals surface area contributed by atoms with Gasteiger partial charge in [-0.1, -0.05) is 11.8 Å². The Labute approximate surface area is 201 Å². The van der Waals surface area contributed by atoms with Gasteiger partial charge in [0.2, 0.25) is 6.79 Å². The van der Waals surface area contributed by atoms with Crippen LogP contribution in [0.3, 0.4) is 0 Å². The molecule has 1 fully saturated rings. The first kappa shape index (κ1) is 21.5. The van der Waals surface area contributed by atoms with E-state index in [9.17, 15) is 4.79 Å². The molecule has 1 unspecified atom stereocenters. The molecule has 3 heterocycles. The highest BCUT2D eigenvalue weighted by atomic mass is 127. The van der Waals surface area contributed by atoms with Crippen molar-refractivity contribution in [3.8, 4) is 11.5 Å². The number of ether oxygens (including phenoxy) is 3. The molecule has 4 N–H and O–H groups in total. The molecule has 12 heteroatoms. The number of imidazole rings is 1. The van der Waals surface area contributed by atoms with Gasteiger partial charge in [0.25, 0.3) is 0 Å². The predicted octanol–water partition coefficient (Wildman–Crippen LogP) is 2.71. The number of rotatable bonds is 6. The Morgan fingerprint density at radius 1 is 1.28 bits per heavy atom. The predicted molar refractivity (Wildman–Crippen MR) is 125 cm³/mol. The minimum absolute atomic E-state index is 0.0462. The van der Waals surface area contributed by atoms with E-state index in [2.05, 4.69) is 37.5 Å². The summed E-state index contributed by atoms with van der Waals surface area (Å²) in [5.74, 6) is 1.22. The Kier molecular flexibility index (Phi) is 5.99. The SMILES string of the molecule is Nc1ncnc2c1nc(Sc1cc3c(cc1I)OCO3)n2CC(N)C(=O)OC1CCCC1. The van der Waals surface area contributed by atoms with Crippen molar-refractivity contribution in [3.63, 3.8) is 0 Å². The summed E-state index contributed by atoms with van der Waals surface area (Å²) in [6, 6.07) is 2.96.